The summed E-state index contributed by atoms with van der Waals surface area (Å²) in [5.41, 5.74) is 4.19. The number of nitrogens with two attached hydrogens (primary N) is 1. The van der Waals surface area contributed by atoms with E-state index in [2.05, 4.69) is 37.3 Å². The predicted molar refractivity (Wildman–Crippen MR) is 87.0 cm³/mol. The van der Waals surface area contributed by atoms with Crippen LogP contribution in [0.5, 0.6) is 0 Å². The van der Waals surface area contributed by atoms with Crippen molar-refractivity contribution in [3.8, 4) is 0 Å². The van der Waals surface area contributed by atoms with Gasteiger partial charge in [0.05, 0.1) is 6.04 Å². The number of hydrogen-bond donors (Lipinski definition) is 2. The minimum absolute atomic E-state index is 0.237. The van der Waals surface area contributed by atoms with Crippen LogP contribution >= 0.6 is 43.5 Å². The third kappa shape index (κ3) is 3.80. The van der Waals surface area contributed by atoms with Crippen LogP contribution in [0.2, 0.25) is 5.02 Å². The lowest BCUT2D eigenvalue weighted by atomic mass is 9.99. The number of hydrazine groups is 1. The van der Waals surface area contributed by atoms with Gasteiger partial charge in [0.25, 0.3) is 0 Å². The summed E-state index contributed by atoms with van der Waals surface area (Å²) in [7, 11) is 0. The van der Waals surface area contributed by atoms with Crippen molar-refractivity contribution in [3.63, 3.8) is 0 Å². The molecule has 0 saturated heterocycles. The highest BCUT2D eigenvalue weighted by Crippen LogP contribution is 2.29. The van der Waals surface area contributed by atoms with Gasteiger partial charge in [0.15, 0.2) is 0 Å². The summed E-state index contributed by atoms with van der Waals surface area (Å²) in [6, 6.07) is 10.2. The lowest BCUT2D eigenvalue weighted by Gasteiger charge is -2.18. The molecule has 1 unspecified atom stereocenters. The Morgan fingerprint density at radius 2 is 1.95 bits per heavy atom. The van der Waals surface area contributed by atoms with E-state index in [1.165, 1.54) is 6.07 Å². The van der Waals surface area contributed by atoms with Crippen LogP contribution in [0.3, 0.4) is 0 Å². The molecular weight excluding hydrogens is 410 g/mol. The van der Waals surface area contributed by atoms with E-state index >= 15 is 0 Å². The van der Waals surface area contributed by atoms with Gasteiger partial charge in [-0.1, -0.05) is 49.5 Å². The lowest BCUT2D eigenvalue weighted by Crippen LogP contribution is -2.30. The summed E-state index contributed by atoms with van der Waals surface area (Å²) in [5, 5.41) is 0.611. The fourth-order valence-corrected chi connectivity index (χ4v) is 2.98. The molecular formula is C14H12Br2ClFN2. The molecule has 1 atom stereocenters. The first kappa shape index (κ1) is 15.9. The van der Waals surface area contributed by atoms with Gasteiger partial charge < -0.3 is 0 Å². The van der Waals surface area contributed by atoms with Crippen molar-refractivity contribution >= 4 is 43.5 Å². The largest absolute Gasteiger partial charge is 0.271 e. The van der Waals surface area contributed by atoms with Crippen LogP contribution in [-0.2, 0) is 6.42 Å². The number of hydrogen-bond acceptors (Lipinski definition) is 2. The Morgan fingerprint density at radius 3 is 2.60 bits per heavy atom. The van der Waals surface area contributed by atoms with Gasteiger partial charge >= 0.3 is 0 Å². The van der Waals surface area contributed by atoms with E-state index in [0.717, 1.165) is 10.0 Å². The van der Waals surface area contributed by atoms with E-state index in [-0.39, 0.29) is 11.9 Å². The van der Waals surface area contributed by atoms with Crippen LogP contribution in [0.15, 0.2) is 45.3 Å². The normalized spacial score (nSPS) is 12.4. The van der Waals surface area contributed by atoms with E-state index in [4.69, 9.17) is 17.4 Å². The summed E-state index contributed by atoms with van der Waals surface area (Å²) >= 11 is 12.7. The molecule has 0 bridgehead atoms. The Labute approximate surface area is 138 Å². The Morgan fingerprint density at radius 1 is 1.20 bits per heavy atom. The second-order valence-electron chi connectivity index (χ2n) is 4.32. The maximum Gasteiger partial charge on any atom is 0.127 e. The van der Waals surface area contributed by atoms with Crippen molar-refractivity contribution < 1.29 is 4.39 Å². The number of benzene rings is 2. The molecule has 0 amide bonds. The van der Waals surface area contributed by atoms with Gasteiger partial charge in [-0.05, 0) is 47.9 Å². The summed E-state index contributed by atoms with van der Waals surface area (Å²) < 4.78 is 15.5. The zero-order valence-corrected chi connectivity index (χ0v) is 14.3. The third-order valence-corrected chi connectivity index (χ3v) is 4.42. The highest BCUT2D eigenvalue weighted by atomic mass is 79.9. The highest BCUT2D eigenvalue weighted by Gasteiger charge is 2.16. The smallest absolute Gasteiger partial charge is 0.127 e. The summed E-state index contributed by atoms with van der Waals surface area (Å²) in [6.45, 7) is 0. The molecule has 20 heavy (non-hydrogen) atoms. The van der Waals surface area contributed by atoms with Gasteiger partial charge in [-0.2, -0.15) is 0 Å². The van der Waals surface area contributed by atoms with Crippen molar-refractivity contribution in [2.45, 2.75) is 12.5 Å². The topological polar surface area (TPSA) is 38.0 Å². The maximum atomic E-state index is 13.9. The molecule has 2 aromatic carbocycles. The average Bonchev–Trinajstić information content (AvgIpc) is 2.41. The molecule has 0 aromatic heterocycles. The Bertz CT molecular complexity index is 622. The minimum atomic E-state index is -0.266. The molecule has 0 saturated carbocycles. The molecule has 2 nitrogen and oxygen atoms in total. The van der Waals surface area contributed by atoms with Gasteiger partial charge in [0.1, 0.15) is 5.82 Å². The molecule has 0 aliphatic carbocycles. The number of rotatable bonds is 4. The van der Waals surface area contributed by atoms with Crippen LogP contribution in [0.4, 0.5) is 4.39 Å². The number of halogens is 4. The molecule has 0 aliphatic rings. The number of nitrogens with one attached hydrogen (secondary N) is 1. The zero-order valence-electron chi connectivity index (χ0n) is 10.3. The van der Waals surface area contributed by atoms with Crippen LogP contribution in [0.25, 0.3) is 0 Å². The molecule has 106 valence electrons. The van der Waals surface area contributed by atoms with Crippen LogP contribution < -0.4 is 11.3 Å². The van der Waals surface area contributed by atoms with Gasteiger partial charge in [0.2, 0.25) is 0 Å². The van der Waals surface area contributed by atoms with Crippen LogP contribution in [0, 0.1) is 5.82 Å². The summed E-state index contributed by atoms with van der Waals surface area (Å²) in [5.74, 6) is 5.34. The molecule has 0 radical (unpaired) electrons. The van der Waals surface area contributed by atoms with E-state index in [1.807, 2.05) is 12.1 Å². The third-order valence-electron chi connectivity index (χ3n) is 2.97. The van der Waals surface area contributed by atoms with Gasteiger partial charge in [0, 0.05) is 14.0 Å². The molecule has 3 N–H and O–H groups in total. The van der Waals surface area contributed by atoms with Crippen molar-refractivity contribution in [2.24, 2.45) is 5.84 Å². The fraction of sp³-hybridized carbons (Fsp3) is 0.143. The summed E-state index contributed by atoms with van der Waals surface area (Å²) in [6.07, 6.45) is 0.425. The summed E-state index contributed by atoms with van der Waals surface area (Å²) in [4.78, 5) is 0. The van der Waals surface area contributed by atoms with Crippen LogP contribution in [0.1, 0.15) is 17.2 Å². The first-order valence-corrected chi connectivity index (χ1v) is 7.82. The maximum absolute atomic E-state index is 13.9. The van der Waals surface area contributed by atoms with Crippen LogP contribution in [-0.4, -0.2) is 0 Å². The standard InChI is InChI=1S/C14H12Br2ClFN2/c15-9-2-1-8(13(18)6-9)5-14(20-19)11-7-10(17)3-4-12(11)16/h1-4,6-7,14,20H,5,19H2. The predicted octanol–water partition coefficient (Wildman–Crippen LogP) is 4.75. The fourth-order valence-electron chi connectivity index (χ4n) is 1.95. The first-order valence-electron chi connectivity index (χ1n) is 5.86. The molecule has 0 heterocycles. The molecule has 0 aliphatic heterocycles. The zero-order chi connectivity index (χ0) is 14.7. The Kier molecular flexibility index (Phi) is 5.57. The SMILES string of the molecule is NNC(Cc1ccc(Br)cc1F)c1cc(Cl)ccc1Br. The van der Waals surface area contributed by atoms with Crippen molar-refractivity contribution in [1.29, 1.82) is 0 Å². The first-order chi connectivity index (χ1) is 9.51. The highest BCUT2D eigenvalue weighted by molar-refractivity contribution is 9.10. The van der Waals surface area contributed by atoms with Crippen molar-refractivity contribution in [2.75, 3.05) is 0 Å². The molecule has 2 aromatic rings. The van der Waals surface area contributed by atoms with Gasteiger partial charge in [-0.3, -0.25) is 11.3 Å². The van der Waals surface area contributed by atoms with Gasteiger partial charge in [-0.25, -0.2) is 4.39 Å². The average molecular weight is 423 g/mol. The Hall–Kier alpha value is -0.460. The van der Waals surface area contributed by atoms with E-state index in [9.17, 15) is 4.39 Å². The van der Waals surface area contributed by atoms with Gasteiger partial charge in [-0.15, -0.1) is 0 Å². The van der Waals surface area contributed by atoms with Crippen molar-refractivity contribution in [1.82, 2.24) is 5.43 Å². The molecule has 0 spiro atoms. The molecule has 0 fully saturated rings. The molecule has 6 heteroatoms. The minimum Gasteiger partial charge on any atom is -0.271 e. The monoisotopic (exact) mass is 420 g/mol. The second-order valence-corrected chi connectivity index (χ2v) is 6.53. The molecule has 2 rings (SSSR count). The van der Waals surface area contributed by atoms with E-state index < -0.39 is 0 Å². The van der Waals surface area contributed by atoms with Crippen molar-refractivity contribution in [3.05, 3.63) is 67.3 Å². The van der Waals surface area contributed by atoms with E-state index in [0.29, 0.717) is 21.5 Å². The quantitative estimate of drug-likeness (QED) is 0.551. The van der Waals surface area contributed by atoms with E-state index in [1.54, 1.807) is 18.2 Å². The lowest BCUT2D eigenvalue weighted by molar-refractivity contribution is 0.527. The second kappa shape index (κ2) is 7.00. The Balaban J connectivity index is 2.31.